The van der Waals surface area contributed by atoms with Crippen molar-refractivity contribution in [3.8, 4) is 0 Å². The van der Waals surface area contributed by atoms with E-state index in [4.69, 9.17) is 0 Å². The third kappa shape index (κ3) is 3.12. The van der Waals surface area contributed by atoms with Crippen LogP contribution in [0.4, 0.5) is 0 Å². The van der Waals surface area contributed by atoms with E-state index < -0.39 is 17.4 Å². The first kappa shape index (κ1) is 22.1. The maximum absolute atomic E-state index is 2.84. The van der Waals surface area contributed by atoms with Crippen molar-refractivity contribution in [1.29, 1.82) is 0 Å². The second-order valence-electron chi connectivity index (χ2n) is 8.90. The molecule has 1 aliphatic carbocycles. The van der Waals surface area contributed by atoms with Crippen LogP contribution in [0.5, 0.6) is 0 Å². The number of nitrogens with zero attached hydrogens (tertiary/aromatic N) is 3. The van der Waals surface area contributed by atoms with Crippen LogP contribution in [0.3, 0.4) is 0 Å². The summed E-state index contributed by atoms with van der Waals surface area (Å²) in [7, 11) is 13.8. The number of hydrogen-bond donors (Lipinski definition) is 0. The molecule has 0 amide bonds. The van der Waals surface area contributed by atoms with Gasteiger partial charge >= 0.3 is 156 Å². The summed E-state index contributed by atoms with van der Waals surface area (Å²) in [6.45, 7) is 14.2. The van der Waals surface area contributed by atoms with Gasteiger partial charge in [-0.05, 0) is 0 Å². The molecule has 0 saturated carbocycles. The van der Waals surface area contributed by atoms with E-state index in [1.54, 1.807) is 5.57 Å². The summed E-state index contributed by atoms with van der Waals surface area (Å²) < 4.78 is 7.87. The van der Waals surface area contributed by atoms with Gasteiger partial charge in [-0.3, -0.25) is 0 Å². The fourth-order valence-electron chi connectivity index (χ4n) is 5.15. The summed E-state index contributed by atoms with van der Waals surface area (Å²) in [5, 5.41) is 0. The van der Waals surface area contributed by atoms with Gasteiger partial charge in [0.15, 0.2) is 0 Å². The van der Waals surface area contributed by atoms with E-state index in [-0.39, 0.29) is 3.72 Å². The molecule has 0 saturated heterocycles. The summed E-state index contributed by atoms with van der Waals surface area (Å²) in [6, 6.07) is 0. The molecule has 0 aromatic rings. The molecule has 1 unspecified atom stereocenters. The molecule has 1 atom stereocenters. The normalized spacial score (nSPS) is 22.6. The summed E-state index contributed by atoms with van der Waals surface area (Å²) >= 11 is -2.84. The molecule has 0 aromatic carbocycles. The van der Waals surface area contributed by atoms with Crippen molar-refractivity contribution in [2.24, 2.45) is 17.8 Å². The van der Waals surface area contributed by atoms with Crippen molar-refractivity contribution in [2.45, 2.75) is 45.3 Å². The zero-order valence-corrected chi connectivity index (χ0v) is 19.8. The van der Waals surface area contributed by atoms with Gasteiger partial charge in [0.05, 0.1) is 0 Å². The second-order valence-corrected chi connectivity index (χ2v) is 16.4. The van der Waals surface area contributed by atoms with Crippen molar-refractivity contribution < 1.29 is 17.4 Å². The van der Waals surface area contributed by atoms with Crippen LogP contribution in [0.15, 0.2) is 23.3 Å². The zero-order chi connectivity index (χ0) is 19.0. The molecule has 0 aliphatic heterocycles. The fraction of sp³-hybridized carbons (Fsp3) is 0.800. The van der Waals surface area contributed by atoms with Crippen molar-refractivity contribution in [3.63, 3.8) is 0 Å². The molecule has 0 radical (unpaired) electrons. The molecule has 0 aromatic heterocycles. The molecule has 1 aliphatic rings. The average Bonchev–Trinajstić information content (AvgIpc) is 2.80. The minimum atomic E-state index is -2.84. The quantitative estimate of drug-likeness (QED) is 0.608. The predicted octanol–water partition coefficient (Wildman–Crippen LogP) is 4.56. The first-order valence-corrected chi connectivity index (χ1v) is 12.2. The SMILES string of the molecule is CC(C)C1=C[C](C(C)C)([Ti]([N](C)C)([N](C)C)[N](C)C)C(C(C)C)=C1. The van der Waals surface area contributed by atoms with Gasteiger partial charge in [-0.15, -0.1) is 0 Å². The van der Waals surface area contributed by atoms with E-state index in [0.29, 0.717) is 17.8 Å². The third-order valence-corrected chi connectivity index (χ3v) is 15.0. The molecule has 3 nitrogen and oxygen atoms in total. The topological polar surface area (TPSA) is 9.72 Å². The van der Waals surface area contributed by atoms with Crippen LogP contribution in [0, 0.1) is 17.8 Å². The number of allylic oxidation sites excluding steroid dienone is 4. The molecule has 0 fully saturated rings. The Hall–Kier alpha value is 0.0743. The summed E-state index contributed by atoms with van der Waals surface area (Å²) in [4.78, 5) is 0. The molecule has 4 heteroatoms. The molecular formula is C20H41N3Ti. The molecule has 0 spiro atoms. The molecule has 140 valence electrons. The van der Waals surface area contributed by atoms with Gasteiger partial charge in [0, 0.05) is 0 Å². The average molecular weight is 371 g/mol. The van der Waals surface area contributed by atoms with E-state index in [0.717, 1.165) is 0 Å². The van der Waals surface area contributed by atoms with Gasteiger partial charge in [-0.25, -0.2) is 0 Å². The Morgan fingerprint density at radius 3 is 1.42 bits per heavy atom. The number of hydrogen-bond acceptors (Lipinski definition) is 3. The first-order chi connectivity index (χ1) is 10.9. The van der Waals surface area contributed by atoms with Crippen molar-refractivity contribution >= 4 is 0 Å². The Balaban J connectivity index is 3.91. The summed E-state index contributed by atoms with van der Waals surface area (Å²) in [5.41, 5.74) is 3.16. The van der Waals surface area contributed by atoms with E-state index in [9.17, 15) is 0 Å². The van der Waals surface area contributed by atoms with E-state index in [2.05, 4.69) is 106 Å². The van der Waals surface area contributed by atoms with E-state index in [1.165, 1.54) is 5.57 Å². The molecular weight excluding hydrogens is 330 g/mol. The standard InChI is InChI=1S/C14H23.3C2H6N.Ti/c1-9(2)12-7-13(10(3)4)14(8-12)11(5)6;3*1-3-2;/h7-11H,1-6H3;3*1-2H3;/q;3*-1;+3. The van der Waals surface area contributed by atoms with Crippen LogP contribution in [0.25, 0.3) is 0 Å². The van der Waals surface area contributed by atoms with Crippen LogP contribution in [0.2, 0.25) is 3.72 Å². The van der Waals surface area contributed by atoms with Crippen LogP contribution in [-0.4, -0.2) is 52.4 Å². The Kier molecular flexibility index (Phi) is 7.15. The van der Waals surface area contributed by atoms with Gasteiger partial charge < -0.3 is 0 Å². The third-order valence-electron chi connectivity index (χ3n) is 5.82. The van der Waals surface area contributed by atoms with Crippen LogP contribution in [-0.2, 0) is 17.4 Å². The fourth-order valence-corrected chi connectivity index (χ4v) is 15.3. The van der Waals surface area contributed by atoms with E-state index >= 15 is 0 Å². The maximum atomic E-state index is 2.66. The molecule has 0 N–H and O–H groups in total. The van der Waals surface area contributed by atoms with Crippen LogP contribution < -0.4 is 0 Å². The van der Waals surface area contributed by atoms with Crippen molar-refractivity contribution in [3.05, 3.63) is 23.3 Å². The Labute approximate surface area is 156 Å². The van der Waals surface area contributed by atoms with Crippen LogP contribution in [0.1, 0.15) is 41.5 Å². The molecule has 0 heterocycles. The Morgan fingerprint density at radius 2 is 1.17 bits per heavy atom. The molecule has 24 heavy (non-hydrogen) atoms. The van der Waals surface area contributed by atoms with Gasteiger partial charge in [0.25, 0.3) is 0 Å². The van der Waals surface area contributed by atoms with Crippen molar-refractivity contribution in [2.75, 3.05) is 42.3 Å². The Bertz CT molecular complexity index is 479. The van der Waals surface area contributed by atoms with Gasteiger partial charge in [-0.2, -0.15) is 0 Å². The number of rotatable bonds is 7. The summed E-state index contributed by atoms with van der Waals surface area (Å²) in [6.07, 6.45) is 5.20. The van der Waals surface area contributed by atoms with Crippen molar-refractivity contribution in [1.82, 2.24) is 10.1 Å². The molecule has 0 bridgehead atoms. The zero-order valence-electron chi connectivity index (χ0n) is 18.2. The molecule has 1 rings (SSSR count). The monoisotopic (exact) mass is 371 g/mol. The predicted molar refractivity (Wildman–Crippen MR) is 104 cm³/mol. The van der Waals surface area contributed by atoms with Crippen LogP contribution >= 0.6 is 0 Å². The summed E-state index contributed by atoms with van der Waals surface area (Å²) in [5.74, 6) is 1.70. The second kappa shape index (κ2) is 7.76. The first-order valence-electron chi connectivity index (χ1n) is 9.34. The van der Waals surface area contributed by atoms with E-state index in [1.807, 2.05) is 0 Å². The minimum absolute atomic E-state index is 0.129. The van der Waals surface area contributed by atoms with Gasteiger partial charge in [0.1, 0.15) is 0 Å². The van der Waals surface area contributed by atoms with Gasteiger partial charge in [0.2, 0.25) is 0 Å². The Morgan fingerprint density at radius 1 is 0.750 bits per heavy atom. The van der Waals surface area contributed by atoms with Gasteiger partial charge in [-0.1, -0.05) is 0 Å².